The number of benzene rings is 2. The lowest BCUT2D eigenvalue weighted by Crippen LogP contribution is -2.19. The zero-order chi connectivity index (χ0) is 17.0. The summed E-state index contributed by atoms with van der Waals surface area (Å²) in [6.07, 6.45) is 0. The van der Waals surface area contributed by atoms with E-state index in [4.69, 9.17) is 37.8 Å². The van der Waals surface area contributed by atoms with E-state index in [-0.39, 0.29) is 16.3 Å². The lowest BCUT2D eigenvalue weighted by atomic mass is 10.2. The Kier molecular flexibility index (Phi) is 5.87. The van der Waals surface area contributed by atoms with E-state index in [0.717, 1.165) is 0 Å². The first-order valence-electron chi connectivity index (χ1n) is 6.18. The summed E-state index contributed by atoms with van der Waals surface area (Å²) in [7, 11) is 0. The van der Waals surface area contributed by atoms with Crippen molar-refractivity contribution in [3.8, 4) is 11.5 Å². The monoisotopic (exact) mass is 418 g/mol. The smallest absolute Gasteiger partial charge is 0.349 e. The summed E-state index contributed by atoms with van der Waals surface area (Å²) < 4.78 is 10.9. The molecule has 0 amide bonds. The van der Waals surface area contributed by atoms with Gasteiger partial charge in [-0.05, 0) is 52.3 Å². The maximum absolute atomic E-state index is 11.8. The van der Waals surface area contributed by atoms with Crippen molar-refractivity contribution < 1.29 is 24.2 Å². The Bertz CT molecular complexity index is 764. The number of hydrogen-bond acceptors (Lipinski definition) is 4. The van der Waals surface area contributed by atoms with E-state index >= 15 is 0 Å². The van der Waals surface area contributed by atoms with Crippen LogP contribution in [0.15, 0.2) is 40.9 Å². The highest BCUT2D eigenvalue weighted by Crippen LogP contribution is 2.28. The molecule has 0 aliphatic carbocycles. The van der Waals surface area contributed by atoms with Gasteiger partial charge in [0.15, 0.2) is 6.61 Å². The maximum Gasteiger partial charge on any atom is 0.349 e. The number of carboxylic acids is 1. The SMILES string of the molecule is O=C(COc1ccc(Cl)cc1Br)Oc1ccc(Cl)cc1C(=O)O. The van der Waals surface area contributed by atoms with E-state index < -0.39 is 18.5 Å². The zero-order valence-electron chi connectivity index (χ0n) is 11.4. The minimum Gasteiger partial charge on any atom is -0.481 e. The van der Waals surface area contributed by atoms with Gasteiger partial charge in [0.25, 0.3) is 0 Å². The van der Waals surface area contributed by atoms with Crippen LogP contribution in [-0.2, 0) is 4.79 Å². The standard InChI is InChI=1S/C15H9BrCl2O5/c16-11-6-9(18)2-4-13(11)22-7-14(19)23-12-3-1-8(17)5-10(12)15(20)21/h1-6H,7H2,(H,20,21). The highest BCUT2D eigenvalue weighted by molar-refractivity contribution is 9.10. The molecule has 1 N–H and O–H groups in total. The summed E-state index contributed by atoms with van der Waals surface area (Å²) in [5, 5.41) is 9.81. The Morgan fingerprint density at radius 1 is 1.04 bits per heavy atom. The molecule has 0 heterocycles. The van der Waals surface area contributed by atoms with Crippen molar-refractivity contribution in [2.75, 3.05) is 6.61 Å². The molecule has 0 saturated carbocycles. The molecule has 23 heavy (non-hydrogen) atoms. The first-order chi connectivity index (χ1) is 10.9. The van der Waals surface area contributed by atoms with Gasteiger partial charge in [0.1, 0.15) is 17.1 Å². The molecule has 120 valence electrons. The normalized spacial score (nSPS) is 10.2. The Morgan fingerprint density at radius 3 is 2.26 bits per heavy atom. The summed E-state index contributed by atoms with van der Waals surface area (Å²) in [5.41, 5.74) is -0.210. The van der Waals surface area contributed by atoms with Crippen molar-refractivity contribution in [2.24, 2.45) is 0 Å². The number of carbonyl (C=O) groups excluding carboxylic acids is 1. The minimum absolute atomic E-state index is 0.106. The van der Waals surface area contributed by atoms with Crippen LogP contribution >= 0.6 is 39.1 Å². The quantitative estimate of drug-likeness (QED) is 0.572. The first-order valence-corrected chi connectivity index (χ1v) is 7.73. The van der Waals surface area contributed by atoms with Crippen molar-refractivity contribution in [2.45, 2.75) is 0 Å². The molecule has 5 nitrogen and oxygen atoms in total. The van der Waals surface area contributed by atoms with Crippen LogP contribution < -0.4 is 9.47 Å². The Balaban J connectivity index is 2.04. The van der Waals surface area contributed by atoms with Gasteiger partial charge in [-0.15, -0.1) is 0 Å². The van der Waals surface area contributed by atoms with Crippen LogP contribution in [0, 0.1) is 0 Å². The zero-order valence-corrected chi connectivity index (χ0v) is 14.5. The fourth-order valence-corrected chi connectivity index (χ4v) is 2.61. The van der Waals surface area contributed by atoms with Gasteiger partial charge in [0.2, 0.25) is 0 Å². The van der Waals surface area contributed by atoms with Crippen LogP contribution in [0.3, 0.4) is 0 Å². The van der Waals surface area contributed by atoms with Gasteiger partial charge in [-0.2, -0.15) is 0 Å². The topological polar surface area (TPSA) is 72.8 Å². The predicted octanol–water partition coefficient (Wildman–Crippen LogP) is 4.44. The molecule has 0 radical (unpaired) electrons. The minimum atomic E-state index is -1.25. The van der Waals surface area contributed by atoms with E-state index in [0.29, 0.717) is 15.2 Å². The number of carbonyl (C=O) groups is 2. The van der Waals surface area contributed by atoms with Gasteiger partial charge >= 0.3 is 11.9 Å². The molecule has 2 rings (SSSR count). The van der Waals surface area contributed by atoms with Gasteiger partial charge in [0.05, 0.1) is 4.47 Å². The number of carboxylic acid groups (broad SMARTS) is 1. The Morgan fingerprint density at radius 2 is 1.65 bits per heavy atom. The maximum atomic E-state index is 11.8. The molecule has 0 bridgehead atoms. The van der Waals surface area contributed by atoms with Crippen molar-refractivity contribution in [1.29, 1.82) is 0 Å². The molecule has 2 aromatic carbocycles. The lowest BCUT2D eigenvalue weighted by molar-refractivity contribution is -0.136. The van der Waals surface area contributed by atoms with E-state index in [1.54, 1.807) is 18.2 Å². The van der Waals surface area contributed by atoms with Crippen LogP contribution in [0.4, 0.5) is 0 Å². The van der Waals surface area contributed by atoms with Crippen LogP contribution in [0.25, 0.3) is 0 Å². The number of rotatable bonds is 5. The first kappa shape index (κ1) is 17.6. The third-order valence-electron chi connectivity index (χ3n) is 2.64. The molecular formula is C15H9BrCl2O5. The summed E-state index contributed by atoms with van der Waals surface area (Å²) in [5.74, 6) is -1.71. The average Bonchev–Trinajstić information content (AvgIpc) is 2.48. The second-order valence-corrected chi connectivity index (χ2v) is 6.01. The van der Waals surface area contributed by atoms with Crippen molar-refractivity contribution in [1.82, 2.24) is 0 Å². The molecule has 0 aromatic heterocycles. The van der Waals surface area contributed by atoms with Crippen molar-refractivity contribution in [3.63, 3.8) is 0 Å². The molecule has 0 aliphatic rings. The van der Waals surface area contributed by atoms with Crippen LogP contribution in [0.5, 0.6) is 11.5 Å². The molecule has 2 aromatic rings. The van der Waals surface area contributed by atoms with Crippen molar-refractivity contribution in [3.05, 3.63) is 56.5 Å². The van der Waals surface area contributed by atoms with Gasteiger partial charge < -0.3 is 14.6 Å². The number of esters is 1. The Hall–Kier alpha value is -1.76. The number of hydrogen-bond donors (Lipinski definition) is 1. The molecular weight excluding hydrogens is 411 g/mol. The molecule has 0 spiro atoms. The number of aromatic carboxylic acids is 1. The molecule has 0 saturated heterocycles. The van der Waals surface area contributed by atoms with E-state index in [1.165, 1.54) is 18.2 Å². The van der Waals surface area contributed by atoms with Gasteiger partial charge in [-0.3, -0.25) is 0 Å². The van der Waals surface area contributed by atoms with Crippen LogP contribution in [0.1, 0.15) is 10.4 Å². The predicted molar refractivity (Wildman–Crippen MR) is 88.7 cm³/mol. The second-order valence-electron chi connectivity index (χ2n) is 4.28. The van der Waals surface area contributed by atoms with E-state index in [9.17, 15) is 9.59 Å². The molecule has 0 atom stereocenters. The van der Waals surface area contributed by atoms with Gasteiger partial charge in [-0.1, -0.05) is 23.2 Å². The largest absolute Gasteiger partial charge is 0.481 e. The second kappa shape index (κ2) is 7.68. The van der Waals surface area contributed by atoms with Crippen LogP contribution in [-0.4, -0.2) is 23.7 Å². The summed E-state index contributed by atoms with van der Waals surface area (Å²) >= 11 is 14.8. The number of ether oxygens (including phenoxy) is 2. The van der Waals surface area contributed by atoms with E-state index in [2.05, 4.69) is 15.9 Å². The third-order valence-corrected chi connectivity index (χ3v) is 3.73. The molecule has 0 unspecified atom stereocenters. The van der Waals surface area contributed by atoms with Gasteiger partial charge in [0, 0.05) is 10.0 Å². The van der Waals surface area contributed by atoms with Gasteiger partial charge in [-0.25, -0.2) is 9.59 Å². The van der Waals surface area contributed by atoms with E-state index in [1.807, 2.05) is 0 Å². The summed E-state index contributed by atoms with van der Waals surface area (Å²) in [6.45, 7) is -0.401. The highest BCUT2D eigenvalue weighted by Gasteiger charge is 2.16. The fourth-order valence-electron chi connectivity index (χ4n) is 1.64. The average molecular weight is 420 g/mol. The highest BCUT2D eigenvalue weighted by atomic mass is 79.9. The molecule has 8 heteroatoms. The molecule has 0 fully saturated rings. The summed E-state index contributed by atoms with van der Waals surface area (Å²) in [6, 6.07) is 8.74. The van der Waals surface area contributed by atoms with Crippen LogP contribution in [0.2, 0.25) is 10.0 Å². The third kappa shape index (κ3) is 4.86. The molecule has 0 aliphatic heterocycles. The van der Waals surface area contributed by atoms with Crippen molar-refractivity contribution >= 4 is 51.1 Å². The fraction of sp³-hybridized carbons (Fsp3) is 0.0667. The number of halogens is 3. The Labute approximate surface area is 149 Å². The lowest BCUT2D eigenvalue weighted by Gasteiger charge is -2.10. The summed E-state index contributed by atoms with van der Waals surface area (Å²) in [4.78, 5) is 22.9.